The minimum absolute atomic E-state index is 0.0256. The monoisotopic (exact) mass is 345 g/mol. The molecule has 0 aliphatic carbocycles. The molecule has 2 heterocycles. The number of para-hydroxylation sites is 2. The zero-order valence-electron chi connectivity index (χ0n) is 14.5. The number of amides is 3. The van der Waals surface area contributed by atoms with Gasteiger partial charge in [0.1, 0.15) is 0 Å². The van der Waals surface area contributed by atoms with E-state index in [1.54, 1.807) is 18.0 Å². The number of ether oxygens (including phenoxy) is 1. The summed E-state index contributed by atoms with van der Waals surface area (Å²) >= 11 is 0. The summed E-state index contributed by atoms with van der Waals surface area (Å²) in [7, 11) is 1.64. The molecule has 2 aliphatic heterocycles. The first-order chi connectivity index (χ1) is 12.0. The van der Waals surface area contributed by atoms with Crippen LogP contribution >= 0.6 is 0 Å². The third-order valence-electron chi connectivity index (χ3n) is 4.66. The summed E-state index contributed by atoms with van der Waals surface area (Å²) in [5.74, 6) is -0.570. The zero-order valence-corrected chi connectivity index (χ0v) is 14.5. The normalized spacial score (nSPS) is 22.8. The summed E-state index contributed by atoms with van der Waals surface area (Å²) in [6.07, 6.45) is 0.910. The van der Waals surface area contributed by atoms with Gasteiger partial charge in [0.2, 0.25) is 17.7 Å². The Morgan fingerprint density at radius 1 is 1.36 bits per heavy atom. The number of benzene rings is 1. The molecule has 1 N–H and O–H groups in total. The number of fused-ring (bicyclic) bond motifs is 1. The number of nitrogens with one attached hydrogen (secondary N) is 1. The number of nitrogens with zero attached hydrogens (tertiary/aromatic N) is 2. The number of carbonyl (C=O) groups excluding carboxylic acids is 3. The summed E-state index contributed by atoms with van der Waals surface area (Å²) in [6, 6.07) is 6.94. The van der Waals surface area contributed by atoms with E-state index < -0.39 is 0 Å². The highest BCUT2D eigenvalue weighted by Gasteiger charge is 2.32. The van der Waals surface area contributed by atoms with Crippen molar-refractivity contribution < 1.29 is 19.1 Å². The minimum Gasteiger partial charge on any atom is -0.381 e. The average molecular weight is 345 g/mol. The van der Waals surface area contributed by atoms with Crippen molar-refractivity contribution in [2.45, 2.75) is 25.8 Å². The van der Waals surface area contributed by atoms with E-state index in [0.29, 0.717) is 31.0 Å². The second-order valence-corrected chi connectivity index (χ2v) is 6.64. The van der Waals surface area contributed by atoms with Gasteiger partial charge in [0.25, 0.3) is 0 Å². The van der Waals surface area contributed by atoms with Gasteiger partial charge in [-0.15, -0.1) is 0 Å². The highest BCUT2D eigenvalue weighted by Crippen LogP contribution is 2.31. The van der Waals surface area contributed by atoms with Crippen LogP contribution in [0.15, 0.2) is 24.3 Å². The van der Waals surface area contributed by atoms with Crippen molar-refractivity contribution in [1.29, 1.82) is 0 Å². The van der Waals surface area contributed by atoms with Gasteiger partial charge in [-0.25, -0.2) is 0 Å². The Morgan fingerprint density at radius 3 is 2.84 bits per heavy atom. The predicted octanol–water partition coefficient (Wildman–Crippen LogP) is 1.25. The summed E-state index contributed by atoms with van der Waals surface area (Å²) in [5.41, 5.74) is 1.28. The molecule has 2 aliphatic rings. The predicted molar refractivity (Wildman–Crippen MR) is 93.2 cm³/mol. The molecule has 134 valence electrons. The molecule has 2 unspecified atom stereocenters. The number of rotatable bonds is 3. The van der Waals surface area contributed by atoms with Crippen molar-refractivity contribution in [2.75, 3.05) is 37.0 Å². The van der Waals surface area contributed by atoms with Crippen LogP contribution in [0.2, 0.25) is 0 Å². The molecular weight excluding hydrogens is 322 g/mol. The molecule has 0 saturated carbocycles. The molecule has 25 heavy (non-hydrogen) atoms. The first-order valence-electron chi connectivity index (χ1n) is 8.51. The van der Waals surface area contributed by atoms with Gasteiger partial charge in [-0.1, -0.05) is 12.1 Å². The van der Waals surface area contributed by atoms with E-state index in [0.717, 1.165) is 0 Å². The van der Waals surface area contributed by atoms with Gasteiger partial charge in [0.15, 0.2) is 0 Å². The molecule has 3 rings (SSSR count). The largest absolute Gasteiger partial charge is 0.381 e. The summed E-state index contributed by atoms with van der Waals surface area (Å²) in [6.45, 7) is 2.82. The molecular formula is C18H23N3O4. The van der Waals surface area contributed by atoms with Crippen molar-refractivity contribution in [3.63, 3.8) is 0 Å². The van der Waals surface area contributed by atoms with Gasteiger partial charge in [-0.3, -0.25) is 14.4 Å². The summed E-state index contributed by atoms with van der Waals surface area (Å²) in [4.78, 5) is 40.4. The van der Waals surface area contributed by atoms with Crippen LogP contribution in [0.3, 0.4) is 0 Å². The Morgan fingerprint density at radius 2 is 2.12 bits per heavy atom. The second kappa shape index (κ2) is 7.23. The van der Waals surface area contributed by atoms with Crippen LogP contribution in [-0.2, 0) is 19.1 Å². The highest BCUT2D eigenvalue weighted by atomic mass is 16.5. The lowest BCUT2D eigenvalue weighted by Gasteiger charge is -2.30. The Kier molecular flexibility index (Phi) is 5.03. The number of hydrogen-bond donors (Lipinski definition) is 1. The van der Waals surface area contributed by atoms with E-state index >= 15 is 0 Å². The molecule has 1 aromatic carbocycles. The van der Waals surface area contributed by atoms with Gasteiger partial charge in [0, 0.05) is 26.1 Å². The van der Waals surface area contributed by atoms with Crippen molar-refractivity contribution in [1.82, 2.24) is 4.90 Å². The minimum atomic E-state index is -0.283. The summed E-state index contributed by atoms with van der Waals surface area (Å²) < 4.78 is 5.25. The topological polar surface area (TPSA) is 79.0 Å². The molecule has 3 amide bonds. The third-order valence-corrected chi connectivity index (χ3v) is 4.66. The van der Waals surface area contributed by atoms with Crippen LogP contribution in [-0.4, -0.2) is 55.5 Å². The van der Waals surface area contributed by atoms with Crippen LogP contribution < -0.4 is 10.2 Å². The Labute approximate surface area is 146 Å². The fraction of sp³-hybridized carbons (Fsp3) is 0.500. The molecule has 0 aromatic heterocycles. The maximum absolute atomic E-state index is 12.9. The highest BCUT2D eigenvalue weighted by molar-refractivity contribution is 6.05. The van der Waals surface area contributed by atoms with E-state index in [1.165, 1.54) is 4.90 Å². The van der Waals surface area contributed by atoms with Crippen LogP contribution in [0.5, 0.6) is 0 Å². The van der Waals surface area contributed by atoms with Crippen LogP contribution in [0.1, 0.15) is 19.8 Å². The fourth-order valence-corrected chi connectivity index (χ4v) is 3.37. The first-order valence-corrected chi connectivity index (χ1v) is 8.51. The van der Waals surface area contributed by atoms with Gasteiger partial charge < -0.3 is 19.9 Å². The molecule has 7 heteroatoms. The summed E-state index contributed by atoms with van der Waals surface area (Å²) in [5, 5.41) is 2.83. The molecule has 1 aromatic rings. The maximum atomic E-state index is 12.9. The number of hydrogen-bond acceptors (Lipinski definition) is 4. The molecule has 0 spiro atoms. The van der Waals surface area contributed by atoms with Gasteiger partial charge in [-0.05, 0) is 25.5 Å². The maximum Gasteiger partial charge on any atom is 0.246 e. The molecule has 1 saturated heterocycles. The van der Waals surface area contributed by atoms with Crippen molar-refractivity contribution in [3.05, 3.63) is 24.3 Å². The SMILES string of the molecule is CC1CC(=O)Nc2ccccc2N1C(=O)CN(C)C(=O)C1CCOC1. The standard InChI is InChI=1S/C18H23N3O4/c1-12-9-16(22)19-14-5-3-4-6-15(14)21(12)17(23)10-20(2)18(24)13-7-8-25-11-13/h3-6,12-13H,7-11H2,1-2H3,(H,19,22). The van der Waals surface area contributed by atoms with Gasteiger partial charge in [0.05, 0.1) is 30.4 Å². The van der Waals surface area contributed by atoms with E-state index in [9.17, 15) is 14.4 Å². The quantitative estimate of drug-likeness (QED) is 0.894. The number of carbonyl (C=O) groups is 3. The lowest BCUT2D eigenvalue weighted by atomic mass is 10.1. The fourth-order valence-electron chi connectivity index (χ4n) is 3.37. The number of anilines is 2. The Hall–Kier alpha value is -2.41. The average Bonchev–Trinajstić information content (AvgIpc) is 3.06. The Balaban J connectivity index is 1.78. The molecule has 0 bridgehead atoms. The van der Waals surface area contributed by atoms with Gasteiger partial charge in [-0.2, -0.15) is 0 Å². The smallest absolute Gasteiger partial charge is 0.246 e. The molecule has 0 radical (unpaired) electrons. The van der Waals surface area contributed by atoms with E-state index in [1.807, 2.05) is 25.1 Å². The van der Waals surface area contributed by atoms with E-state index in [2.05, 4.69) is 5.32 Å². The number of likely N-dealkylation sites (N-methyl/N-ethyl adjacent to an activating group) is 1. The molecule has 1 fully saturated rings. The lowest BCUT2D eigenvalue weighted by molar-refractivity contribution is -0.137. The van der Waals surface area contributed by atoms with Crippen LogP contribution in [0, 0.1) is 5.92 Å². The molecule has 2 atom stereocenters. The van der Waals surface area contributed by atoms with Crippen molar-refractivity contribution >= 4 is 29.1 Å². The Bertz CT molecular complexity index is 685. The molecule has 7 nitrogen and oxygen atoms in total. The zero-order chi connectivity index (χ0) is 18.0. The van der Waals surface area contributed by atoms with Crippen molar-refractivity contribution in [3.8, 4) is 0 Å². The van der Waals surface area contributed by atoms with E-state index in [4.69, 9.17) is 4.74 Å². The second-order valence-electron chi connectivity index (χ2n) is 6.64. The first kappa shape index (κ1) is 17.4. The van der Waals surface area contributed by atoms with Crippen LogP contribution in [0.25, 0.3) is 0 Å². The van der Waals surface area contributed by atoms with E-state index in [-0.39, 0.29) is 42.6 Å². The van der Waals surface area contributed by atoms with Crippen molar-refractivity contribution in [2.24, 2.45) is 5.92 Å². The van der Waals surface area contributed by atoms with Crippen LogP contribution in [0.4, 0.5) is 11.4 Å². The third kappa shape index (κ3) is 3.66. The van der Waals surface area contributed by atoms with Gasteiger partial charge >= 0.3 is 0 Å². The lowest BCUT2D eigenvalue weighted by Crippen LogP contribution is -2.46.